The van der Waals surface area contributed by atoms with Gasteiger partial charge in [-0.15, -0.1) is 0 Å². The number of methoxy groups -OCH3 is 1. The van der Waals surface area contributed by atoms with E-state index in [1.165, 1.54) is 31.9 Å². The van der Waals surface area contributed by atoms with E-state index in [-0.39, 0.29) is 10.9 Å². The summed E-state index contributed by atoms with van der Waals surface area (Å²) in [7, 11) is -0.707. The van der Waals surface area contributed by atoms with E-state index < -0.39 is 10.0 Å². The van der Waals surface area contributed by atoms with Crippen molar-refractivity contribution in [2.45, 2.75) is 23.8 Å². The number of hydrogen-bond donors (Lipinski definition) is 1. The molecule has 2 aromatic rings. The van der Waals surface area contributed by atoms with Crippen molar-refractivity contribution in [2.75, 3.05) is 14.2 Å². The van der Waals surface area contributed by atoms with Crippen LogP contribution in [0.25, 0.3) is 0 Å². The summed E-state index contributed by atoms with van der Waals surface area (Å²) in [5.74, 6) is 0.498. The van der Waals surface area contributed by atoms with Crippen LogP contribution in [0.5, 0.6) is 5.75 Å². The molecule has 1 aliphatic rings. The van der Waals surface area contributed by atoms with Gasteiger partial charge in [0.1, 0.15) is 18.0 Å². The van der Waals surface area contributed by atoms with Crippen LogP contribution in [0, 0.1) is 0 Å². The van der Waals surface area contributed by atoms with Crippen LogP contribution < -0.4 is 9.46 Å². The van der Waals surface area contributed by atoms with Crippen molar-refractivity contribution >= 4 is 45.5 Å². The van der Waals surface area contributed by atoms with Crippen molar-refractivity contribution < 1.29 is 17.7 Å². The lowest BCUT2D eigenvalue weighted by Crippen LogP contribution is -2.24. The van der Waals surface area contributed by atoms with Gasteiger partial charge in [0.15, 0.2) is 6.04 Å². The van der Waals surface area contributed by atoms with Crippen molar-refractivity contribution in [2.24, 2.45) is 0 Å². The number of hydrogen-bond acceptors (Lipinski definition) is 4. The number of ether oxygens (including phenoxy) is 1. The molecule has 1 N–H and O–H groups in total. The van der Waals surface area contributed by atoms with Crippen molar-refractivity contribution in [1.82, 2.24) is 4.72 Å². The van der Waals surface area contributed by atoms with Gasteiger partial charge in [-0.2, -0.15) is 4.58 Å². The molecule has 0 unspecified atom stereocenters. The van der Waals surface area contributed by atoms with Crippen molar-refractivity contribution in [3.05, 3.63) is 58.1 Å². The normalized spacial score (nSPS) is 16.0. The Balaban J connectivity index is 1.99. The van der Waals surface area contributed by atoms with Crippen molar-refractivity contribution in [1.29, 1.82) is 0 Å². The van der Waals surface area contributed by atoms with Gasteiger partial charge in [-0.25, -0.2) is 13.1 Å². The van der Waals surface area contributed by atoms with E-state index in [1.54, 1.807) is 10.6 Å². The highest BCUT2D eigenvalue weighted by Crippen LogP contribution is 2.36. The minimum absolute atomic E-state index is 0.000892. The van der Waals surface area contributed by atoms with Gasteiger partial charge in [-0.1, -0.05) is 17.7 Å². The molecule has 0 amide bonds. The number of aryl methyl sites for hydroxylation is 1. The Bertz CT molecular complexity index is 1040. The predicted molar refractivity (Wildman–Crippen MR) is 111 cm³/mol. The van der Waals surface area contributed by atoms with Crippen LogP contribution in [0.15, 0.2) is 41.3 Å². The fourth-order valence-corrected chi connectivity index (χ4v) is 4.56. The van der Waals surface area contributed by atoms with Crippen LogP contribution in [0.1, 0.15) is 29.2 Å². The van der Waals surface area contributed by atoms with Crippen LogP contribution in [0.4, 0.5) is 0 Å². The van der Waals surface area contributed by atoms with Crippen LogP contribution in [0.2, 0.25) is 5.02 Å². The average Bonchev–Trinajstić information content (AvgIpc) is 3.09. The third kappa shape index (κ3) is 3.78. The first-order chi connectivity index (χ1) is 12.8. The molecule has 0 heterocycles. The minimum Gasteiger partial charge on any atom is -0.496 e. The maximum absolute atomic E-state index is 12.2. The molecule has 142 valence electrons. The smallest absolute Gasteiger partial charge is 0.282 e. The lowest BCUT2D eigenvalue weighted by Gasteiger charge is -2.14. The summed E-state index contributed by atoms with van der Waals surface area (Å²) in [5, 5.41) is 0.708. The second-order valence-corrected chi connectivity index (χ2v) is 8.95. The number of benzene rings is 2. The van der Waals surface area contributed by atoms with Gasteiger partial charge in [0.25, 0.3) is 4.99 Å². The van der Waals surface area contributed by atoms with Gasteiger partial charge >= 0.3 is 0 Å². The first-order valence-corrected chi connectivity index (χ1v) is 10.6. The first kappa shape index (κ1) is 19.9. The summed E-state index contributed by atoms with van der Waals surface area (Å²) < 4.78 is 33.8. The van der Waals surface area contributed by atoms with Crippen LogP contribution in [-0.4, -0.2) is 38.9 Å². The van der Waals surface area contributed by atoms with Gasteiger partial charge in [0.2, 0.25) is 10.0 Å². The summed E-state index contributed by atoms with van der Waals surface area (Å²) in [6.07, 6.45) is 1.75. The molecular formula is C19H20ClN2O3S2+. The highest BCUT2D eigenvalue weighted by molar-refractivity contribution is 7.89. The number of thiocarbonyl (C=S) groups is 1. The van der Waals surface area contributed by atoms with E-state index in [1.807, 2.05) is 18.2 Å². The molecule has 0 saturated heterocycles. The molecule has 5 nitrogen and oxygen atoms in total. The standard InChI is InChI=1S/C19H20ClN2O3S2/c1-21-27(23,24)14-6-9-18(25-3)16(11-14)19(26)22(2)17-8-4-12-10-13(20)5-7-15(12)17/h5-7,9-11,17,21H,2,4,8H2,1,3H3/q+1/t17-/m1/s1. The average molecular weight is 424 g/mol. The third-order valence-electron chi connectivity index (χ3n) is 4.77. The highest BCUT2D eigenvalue weighted by Gasteiger charge is 2.34. The zero-order chi connectivity index (χ0) is 19.8. The van der Waals surface area contributed by atoms with Gasteiger partial charge in [0.05, 0.1) is 12.0 Å². The maximum Gasteiger partial charge on any atom is 0.282 e. The van der Waals surface area contributed by atoms with E-state index in [9.17, 15) is 8.42 Å². The molecule has 0 saturated carbocycles. The summed E-state index contributed by atoms with van der Waals surface area (Å²) >= 11 is 11.7. The molecule has 0 aliphatic heterocycles. The van der Waals surface area contributed by atoms with Crippen LogP contribution >= 0.6 is 23.8 Å². The fourth-order valence-electron chi connectivity index (χ4n) is 3.32. The van der Waals surface area contributed by atoms with Crippen LogP contribution in [-0.2, 0) is 16.4 Å². The van der Waals surface area contributed by atoms with Gasteiger partial charge in [-0.3, -0.25) is 0 Å². The fraction of sp³-hybridized carbons (Fsp3) is 0.263. The number of nitrogens with zero attached hydrogens (tertiary/aromatic N) is 1. The van der Waals surface area contributed by atoms with Crippen molar-refractivity contribution in [3.8, 4) is 5.75 Å². The summed E-state index contributed by atoms with van der Waals surface area (Å²) in [6, 6.07) is 10.4. The molecule has 0 spiro atoms. The summed E-state index contributed by atoms with van der Waals surface area (Å²) in [4.78, 5) is 0.544. The Labute approximate surface area is 169 Å². The Morgan fingerprint density at radius 2 is 2.07 bits per heavy atom. The zero-order valence-electron chi connectivity index (χ0n) is 15.0. The quantitative estimate of drug-likeness (QED) is 0.455. The lowest BCUT2D eigenvalue weighted by atomic mass is 10.1. The Morgan fingerprint density at radius 3 is 2.74 bits per heavy atom. The summed E-state index contributed by atoms with van der Waals surface area (Å²) in [5.41, 5.74) is 2.83. The lowest BCUT2D eigenvalue weighted by molar-refractivity contribution is -0.447. The molecule has 3 rings (SSSR count). The topological polar surface area (TPSA) is 58.4 Å². The molecule has 1 atom stereocenters. The number of sulfonamides is 1. The second kappa shape index (κ2) is 7.67. The van der Waals surface area contributed by atoms with E-state index >= 15 is 0 Å². The Hall–Kier alpha value is -1.80. The zero-order valence-corrected chi connectivity index (χ0v) is 17.4. The number of halogens is 1. The van der Waals surface area contributed by atoms with E-state index in [4.69, 9.17) is 28.6 Å². The van der Waals surface area contributed by atoms with Gasteiger partial charge in [0, 0.05) is 17.0 Å². The van der Waals surface area contributed by atoms with Gasteiger partial charge < -0.3 is 4.74 Å². The van der Waals surface area contributed by atoms with E-state index in [2.05, 4.69) is 11.4 Å². The number of fused-ring (bicyclic) bond motifs is 1. The summed E-state index contributed by atoms with van der Waals surface area (Å²) in [6.45, 7) is 4.14. The van der Waals surface area contributed by atoms with Gasteiger partial charge in [-0.05, 0) is 61.6 Å². The maximum atomic E-state index is 12.2. The Kier molecular flexibility index (Phi) is 5.67. The molecule has 0 aromatic heterocycles. The van der Waals surface area contributed by atoms with Crippen LogP contribution in [0.3, 0.4) is 0 Å². The van der Waals surface area contributed by atoms with E-state index in [0.29, 0.717) is 21.3 Å². The third-order valence-corrected chi connectivity index (χ3v) is 6.87. The Morgan fingerprint density at radius 1 is 1.33 bits per heavy atom. The first-order valence-electron chi connectivity index (χ1n) is 8.32. The molecular weight excluding hydrogens is 404 g/mol. The number of nitrogens with one attached hydrogen (secondary N) is 1. The second-order valence-electron chi connectivity index (χ2n) is 6.24. The van der Waals surface area contributed by atoms with E-state index in [0.717, 1.165) is 18.4 Å². The molecule has 0 fully saturated rings. The van der Waals surface area contributed by atoms with Crippen molar-refractivity contribution in [3.63, 3.8) is 0 Å². The molecule has 2 aromatic carbocycles. The molecule has 0 radical (unpaired) electrons. The largest absolute Gasteiger partial charge is 0.496 e. The molecule has 0 bridgehead atoms. The predicted octanol–water partition coefficient (Wildman–Crippen LogP) is 3.33. The SMILES string of the molecule is C=[N+](C(=S)c1cc(S(=O)(=O)NC)ccc1OC)[C@@H]1CCc2cc(Cl)ccc21. The molecule has 27 heavy (non-hydrogen) atoms. The molecule has 1 aliphatic carbocycles. The monoisotopic (exact) mass is 423 g/mol. The minimum atomic E-state index is -3.60. The number of rotatable bonds is 5. The highest BCUT2D eigenvalue weighted by atomic mass is 35.5. The molecule has 8 heteroatoms.